The number of rotatable bonds is 0. The van der Waals surface area contributed by atoms with Crippen molar-refractivity contribution in [2.24, 2.45) is 0 Å². The zero-order valence-corrected chi connectivity index (χ0v) is 14.5. The molecular formula is C15H14F6N4O4. The Hall–Kier alpha value is -2.61. The first-order valence-corrected chi connectivity index (χ1v) is 8.15. The summed E-state index contributed by atoms with van der Waals surface area (Å²) in [6, 6.07) is 0.506. The van der Waals surface area contributed by atoms with E-state index in [0.717, 1.165) is 0 Å². The predicted octanol–water partition coefficient (Wildman–Crippen LogP) is 2.67. The van der Waals surface area contributed by atoms with Crippen LogP contribution in [-0.4, -0.2) is 46.3 Å². The van der Waals surface area contributed by atoms with Gasteiger partial charge < -0.3 is 24.7 Å². The van der Waals surface area contributed by atoms with Crippen molar-refractivity contribution >= 4 is 5.69 Å². The molecule has 14 heteroatoms. The van der Waals surface area contributed by atoms with Gasteiger partial charge in [-0.1, -0.05) is 0 Å². The molecule has 4 bridgehead atoms. The van der Waals surface area contributed by atoms with Crippen molar-refractivity contribution in [3.63, 3.8) is 0 Å². The Morgan fingerprint density at radius 2 is 1.76 bits per heavy atom. The summed E-state index contributed by atoms with van der Waals surface area (Å²) in [6.07, 6.45) is -9.78. The lowest BCUT2D eigenvalue weighted by Gasteiger charge is -2.26. The highest BCUT2D eigenvalue weighted by atomic mass is 19.4. The minimum Gasteiger partial charge on any atom is -0.477 e. The average molecular weight is 428 g/mol. The van der Waals surface area contributed by atoms with E-state index in [1.54, 1.807) is 0 Å². The fourth-order valence-electron chi connectivity index (χ4n) is 2.44. The average Bonchev–Trinajstić information content (AvgIpc) is 3.09. The monoisotopic (exact) mass is 428 g/mol. The maximum Gasteiger partial charge on any atom is 0.428 e. The van der Waals surface area contributed by atoms with Crippen LogP contribution in [0.3, 0.4) is 0 Å². The molecule has 3 N–H and O–H groups in total. The number of aromatic nitrogens is 3. The van der Waals surface area contributed by atoms with Crippen molar-refractivity contribution in [2.45, 2.75) is 30.8 Å². The van der Waals surface area contributed by atoms with Crippen LogP contribution in [0.2, 0.25) is 0 Å². The van der Waals surface area contributed by atoms with Crippen molar-refractivity contribution in [2.75, 3.05) is 25.6 Å². The fourth-order valence-corrected chi connectivity index (χ4v) is 2.44. The lowest BCUT2D eigenvalue weighted by molar-refractivity contribution is -0.289. The van der Waals surface area contributed by atoms with Crippen LogP contribution in [0.25, 0.3) is 11.6 Å². The number of aliphatic hydroxyl groups is 1. The molecule has 3 heterocycles. The summed E-state index contributed by atoms with van der Waals surface area (Å²) in [7, 11) is 0. The van der Waals surface area contributed by atoms with Crippen molar-refractivity contribution in [3.8, 4) is 17.5 Å². The molecule has 160 valence electrons. The van der Waals surface area contributed by atoms with Crippen LogP contribution in [0.15, 0.2) is 10.5 Å². The highest BCUT2D eigenvalue weighted by Gasteiger charge is 2.59. The van der Waals surface area contributed by atoms with Gasteiger partial charge in [-0.2, -0.15) is 26.3 Å². The maximum atomic E-state index is 13.4. The Balaban J connectivity index is 2.14. The van der Waals surface area contributed by atoms with Crippen LogP contribution < -0.4 is 10.5 Å². The number of ether oxygens (including phenoxy) is 2. The summed E-state index contributed by atoms with van der Waals surface area (Å²) in [5, 5.41) is 16.6. The molecule has 3 rings (SSSR count). The van der Waals surface area contributed by atoms with E-state index in [1.807, 2.05) is 0 Å². The standard InChI is InChI=1S/C15H14F6N4O4/c16-14(17,18)7-5-8(22)9-11-24-25-12(29-11)13(26,15(19,20)21)6-27-3-1-2-4-28-10(7)23-9/h5,26H,1-4,6,22H2. The van der Waals surface area contributed by atoms with E-state index in [-0.39, 0.29) is 26.1 Å². The van der Waals surface area contributed by atoms with Crippen LogP contribution in [0.4, 0.5) is 32.0 Å². The van der Waals surface area contributed by atoms with Gasteiger partial charge in [0, 0.05) is 6.61 Å². The summed E-state index contributed by atoms with van der Waals surface area (Å²) >= 11 is 0. The van der Waals surface area contributed by atoms with E-state index in [4.69, 9.17) is 19.6 Å². The third-order valence-electron chi connectivity index (χ3n) is 4.01. The second-order valence-corrected chi connectivity index (χ2v) is 6.16. The van der Waals surface area contributed by atoms with Gasteiger partial charge in [-0.05, 0) is 18.9 Å². The molecule has 1 aliphatic heterocycles. The third kappa shape index (κ3) is 4.07. The number of pyridine rings is 1. The van der Waals surface area contributed by atoms with Gasteiger partial charge in [-0.25, -0.2) is 4.98 Å². The second kappa shape index (κ2) is 7.33. The molecule has 0 saturated heterocycles. The zero-order valence-electron chi connectivity index (χ0n) is 14.5. The molecule has 0 saturated carbocycles. The normalized spacial score (nSPS) is 21.3. The van der Waals surface area contributed by atoms with E-state index in [1.165, 1.54) is 0 Å². The number of nitrogen functional groups attached to an aromatic ring is 1. The summed E-state index contributed by atoms with van der Waals surface area (Å²) in [5.41, 5.74) is -0.430. The molecular weight excluding hydrogens is 414 g/mol. The van der Waals surface area contributed by atoms with Crippen LogP contribution in [0.5, 0.6) is 5.88 Å². The van der Waals surface area contributed by atoms with Crippen LogP contribution in [-0.2, 0) is 16.5 Å². The lowest BCUT2D eigenvalue weighted by Crippen LogP contribution is -2.46. The van der Waals surface area contributed by atoms with Crippen molar-refractivity contribution < 1.29 is 45.3 Å². The molecule has 1 aliphatic rings. The van der Waals surface area contributed by atoms with Gasteiger partial charge in [0.25, 0.3) is 17.4 Å². The molecule has 0 radical (unpaired) electrons. The fraction of sp³-hybridized carbons (Fsp3) is 0.533. The van der Waals surface area contributed by atoms with Crippen molar-refractivity contribution in [1.29, 1.82) is 0 Å². The van der Waals surface area contributed by atoms with Gasteiger partial charge >= 0.3 is 12.4 Å². The maximum absolute atomic E-state index is 13.4. The minimum absolute atomic E-state index is 0.145. The van der Waals surface area contributed by atoms with Gasteiger partial charge in [0.2, 0.25) is 5.88 Å². The number of nitrogens with zero attached hydrogens (tertiary/aromatic N) is 3. The molecule has 0 spiro atoms. The summed E-state index contributed by atoms with van der Waals surface area (Å²) in [6.45, 7) is -1.67. The molecule has 0 fully saturated rings. The molecule has 2 aromatic rings. The molecule has 0 aliphatic carbocycles. The number of anilines is 1. The first-order valence-electron chi connectivity index (χ1n) is 8.15. The third-order valence-corrected chi connectivity index (χ3v) is 4.01. The van der Waals surface area contributed by atoms with Gasteiger partial charge in [0.1, 0.15) is 5.56 Å². The Morgan fingerprint density at radius 3 is 2.41 bits per heavy atom. The predicted molar refractivity (Wildman–Crippen MR) is 82.4 cm³/mol. The first-order chi connectivity index (χ1) is 13.4. The largest absolute Gasteiger partial charge is 0.477 e. The SMILES string of the molecule is Nc1cc(C(F)(F)F)c2nc1-c1nnc(o1)C(O)(C(F)(F)F)COCCCCO2. The van der Waals surface area contributed by atoms with Gasteiger partial charge in [-0.3, -0.25) is 0 Å². The van der Waals surface area contributed by atoms with Crippen molar-refractivity contribution in [3.05, 3.63) is 17.5 Å². The Morgan fingerprint density at radius 1 is 1.07 bits per heavy atom. The van der Waals surface area contributed by atoms with Crippen LogP contribution >= 0.6 is 0 Å². The molecule has 0 amide bonds. The number of hydrogen-bond acceptors (Lipinski definition) is 8. The number of hydrogen-bond donors (Lipinski definition) is 2. The zero-order chi connectivity index (χ0) is 21.4. The number of nitrogens with two attached hydrogens (primary N) is 1. The summed E-state index contributed by atoms with van der Waals surface area (Å²) < 4.78 is 94.7. The van der Waals surface area contributed by atoms with E-state index in [0.29, 0.717) is 6.07 Å². The smallest absolute Gasteiger partial charge is 0.428 e. The second-order valence-electron chi connectivity index (χ2n) is 6.16. The Labute approximate surface area is 158 Å². The number of halogens is 6. The van der Waals surface area contributed by atoms with E-state index < -0.39 is 59.2 Å². The quantitative estimate of drug-likeness (QED) is 0.616. The highest BCUT2D eigenvalue weighted by molar-refractivity contribution is 5.68. The van der Waals surface area contributed by atoms with Crippen LogP contribution in [0.1, 0.15) is 24.3 Å². The number of alkyl halides is 6. The molecule has 1 unspecified atom stereocenters. The van der Waals surface area contributed by atoms with E-state index >= 15 is 0 Å². The summed E-state index contributed by atoms with van der Waals surface area (Å²) in [4.78, 5) is 3.62. The minimum atomic E-state index is -5.23. The number of fused-ring (bicyclic) bond motifs is 5. The molecule has 29 heavy (non-hydrogen) atoms. The van der Waals surface area contributed by atoms with E-state index in [2.05, 4.69) is 15.2 Å². The molecule has 0 aromatic carbocycles. The molecule has 8 nitrogen and oxygen atoms in total. The van der Waals surface area contributed by atoms with Crippen molar-refractivity contribution in [1.82, 2.24) is 15.2 Å². The lowest BCUT2D eigenvalue weighted by atomic mass is 10.1. The van der Waals surface area contributed by atoms with Crippen LogP contribution in [0, 0.1) is 0 Å². The summed E-state index contributed by atoms with van der Waals surface area (Å²) in [5.74, 6) is -2.83. The molecule has 1 atom stereocenters. The van der Waals surface area contributed by atoms with Gasteiger partial charge in [0.15, 0.2) is 5.69 Å². The topological polar surface area (TPSA) is 117 Å². The first kappa shape index (κ1) is 21.1. The van der Waals surface area contributed by atoms with E-state index in [9.17, 15) is 31.4 Å². The van der Waals surface area contributed by atoms with Gasteiger partial charge in [-0.15, -0.1) is 10.2 Å². The Kier molecular flexibility index (Phi) is 5.34. The highest BCUT2D eigenvalue weighted by Crippen LogP contribution is 2.42. The van der Waals surface area contributed by atoms with Gasteiger partial charge in [0.05, 0.1) is 18.9 Å². The molecule has 2 aromatic heterocycles. The Bertz CT molecular complexity index is 885.